The number of hydrogen-bond donors (Lipinski definition) is 3. The van der Waals surface area contributed by atoms with Crippen molar-refractivity contribution in [2.24, 2.45) is 5.73 Å². The van der Waals surface area contributed by atoms with Crippen LogP contribution in [0.15, 0.2) is 24.3 Å². The molecule has 1 rings (SSSR count). The van der Waals surface area contributed by atoms with E-state index in [0.717, 1.165) is 0 Å². The Kier molecular flexibility index (Phi) is 4.12. The minimum absolute atomic E-state index is 0.497. The van der Waals surface area contributed by atoms with E-state index in [1.165, 1.54) is 0 Å². The van der Waals surface area contributed by atoms with E-state index in [1.54, 1.807) is 31.2 Å². The van der Waals surface area contributed by atoms with Gasteiger partial charge < -0.3 is 11.1 Å². The van der Waals surface area contributed by atoms with E-state index in [1.807, 2.05) is 5.32 Å². The van der Waals surface area contributed by atoms with Gasteiger partial charge in [-0.1, -0.05) is 12.0 Å². The molecule has 0 spiro atoms. The number of carbonyl (C=O) groups is 2. The zero-order chi connectivity index (χ0) is 12.8. The first-order valence-electron chi connectivity index (χ1n) is 4.96. The van der Waals surface area contributed by atoms with Crippen LogP contribution in [0.4, 0.5) is 10.5 Å². The van der Waals surface area contributed by atoms with Crippen molar-refractivity contribution in [3.8, 4) is 12.3 Å². The molecule has 1 atom stereocenters. The van der Waals surface area contributed by atoms with Gasteiger partial charge in [-0.05, 0) is 25.1 Å². The number of imide groups is 1. The molecule has 0 saturated heterocycles. The smallest absolute Gasteiger partial charge is 0.318 e. The number of rotatable bonds is 3. The van der Waals surface area contributed by atoms with Crippen molar-refractivity contribution in [1.29, 1.82) is 0 Å². The van der Waals surface area contributed by atoms with Gasteiger partial charge in [0, 0.05) is 11.3 Å². The highest BCUT2D eigenvalue weighted by Gasteiger charge is 2.13. The van der Waals surface area contributed by atoms with Gasteiger partial charge in [0.25, 0.3) is 0 Å². The number of carbonyl (C=O) groups excluding carboxylic acids is 2. The van der Waals surface area contributed by atoms with Gasteiger partial charge >= 0.3 is 6.03 Å². The molecule has 0 aliphatic heterocycles. The van der Waals surface area contributed by atoms with Gasteiger partial charge in [0.05, 0.1) is 0 Å². The van der Waals surface area contributed by atoms with Gasteiger partial charge in [-0.25, -0.2) is 4.79 Å². The average molecular weight is 231 g/mol. The number of amides is 3. The third-order valence-electron chi connectivity index (χ3n) is 2.05. The third kappa shape index (κ3) is 3.87. The Morgan fingerprint density at radius 2 is 2.18 bits per heavy atom. The normalized spacial score (nSPS) is 11.1. The number of primary amides is 1. The number of nitrogens with one attached hydrogen (secondary N) is 2. The predicted octanol–water partition coefficient (Wildman–Crippen LogP) is 0.663. The van der Waals surface area contributed by atoms with Crippen LogP contribution in [0.3, 0.4) is 0 Å². The van der Waals surface area contributed by atoms with E-state index in [-0.39, 0.29) is 0 Å². The van der Waals surface area contributed by atoms with E-state index in [0.29, 0.717) is 11.3 Å². The molecule has 1 unspecified atom stereocenters. The van der Waals surface area contributed by atoms with Crippen LogP contribution in [0.1, 0.15) is 12.5 Å². The monoisotopic (exact) mass is 231 g/mol. The lowest BCUT2D eigenvalue weighted by Crippen LogP contribution is -2.43. The Balaban J connectivity index is 2.67. The minimum atomic E-state index is -0.874. The molecule has 0 radical (unpaired) electrons. The van der Waals surface area contributed by atoms with Crippen LogP contribution in [-0.2, 0) is 4.79 Å². The zero-order valence-electron chi connectivity index (χ0n) is 9.36. The number of urea groups is 1. The number of benzene rings is 1. The van der Waals surface area contributed by atoms with E-state index in [9.17, 15) is 9.59 Å². The van der Waals surface area contributed by atoms with Gasteiger partial charge in [-0.2, -0.15) is 0 Å². The molecule has 0 bridgehead atoms. The van der Waals surface area contributed by atoms with E-state index in [4.69, 9.17) is 12.2 Å². The first-order valence-corrected chi connectivity index (χ1v) is 4.96. The second kappa shape index (κ2) is 5.56. The highest BCUT2D eigenvalue weighted by Crippen LogP contribution is 2.10. The molecule has 1 aromatic carbocycles. The Bertz CT molecular complexity index is 477. The van der Waals surface area contributed by atoms with Gasteiger partial charge in [0.2, 0.25) is 5.91 Å². The summed E-state index contributed by atoms with van der Waals surface area (Å²) in [6, 6.07) is 5.59. The Morgan fingerprint density at radius 3 is 2.76 bits per heavy atom. The van der Waals surface area contributed by atoms with Crippen LogP contribution in [0, 0.1) is 12.3 Å². The van der Waals surface area contributed by atoms with Gasteiger partial charge in [-0.15, -0.1) is 6.42 Å². The molecule has 17 heavy (non-hydrogen) atoms. The predicted molar refractivity (Wildman–Crippen MR) is 65.2 cm³/mol. The fourth-order valence-electron chi connectivity index (χ4n) is 1.24. The van der Waals surface area contributed by atoms with Crippen LogP contribution >= 0.6 is 0 Å². The summed E-state index contributed by atoms with van der Waals surface area (Å²) in [4.78, 5) is 21.9. The summed E-state index contributed by atoms with van der Waals surface area (Å²) < 4.78 is 0. The maximum absolute atomic E-state index is 11.4. The Morgan fingerprint density at radius 1 is 1.47 bits per heavy atom. The maximum Gasteiger partial charge on any atom is 0.318 e. The molecule has 0 aliphatic carbocycles. The van der Waals surface area contributed by atoms with Crippen LogP contribution in [0.5, 0.6) is 0 Å². The highest BCUT2D eigenvalue weighted by atomic mass is 16.2. The molecule has 1 aromatic rings. The minimum Gasteiger partial charge on any atom is -0.374 e. The molecular weight excluding hydrogens is 218 g/mol. The average Bonchev–Trinajstić information content (AvgIpc) is 2.28. The molecule has 88 valence electrons. The van der Waals surface area contributed by atoms with Gasteiger partial charge in [0.1, 0.15) is 6.04 Å². The van der Waals surface area contributed by atoms with E-state index < -0.39 is 18.0 Å². The molecule has 0 saturated carbocycles. The molecule has 4 N–H and O–H groups in total. The largest absolute Gasteiger partial charge is 0.374 e. The molecule has 3 amide bonds. The second-order valence-electron chi connectivity index (χ2n) is 3.44. The van der Waals surface area contributed by atoms with Crippen LogP contribution in [0.25, 0.3) is 0 Å². The van der Waals surface area contributed by atoms with Crippen LogP contribution < -0.4 is 16.4 Å². The van der Waals surface area contributed by atoms with Crippen LogP contribution in [-0.4, -0.2) is 18.0 Å². The molecular formula is C12H13N3O2. The molecule has 5 nitrogen and oxygen atoms in total. The van der Waals surface area contributed by atoms with E-state index in [2.05, 4.69) is 11.2 Å². The zero-order valence-corrected chi connectivity index (χ0v) is 9.36. The maximum atomic E-state index is 11.4. The van der Waals surface area contributed by atoms with Crippen molar-refractivity contribution < 1.29 is 9.59 Å². The summed E-state index contributed by atoms with van der Waals surface area (Å²) in [5.74, 6) is 1.99. The van der Waals surface area contributed by atoms with Crippen molar-refractivity contribution in [2.75, 3.05) is 5.32 Å². The number of nitrogens with two attached hydrogens (primary N) is 1. The summed E-state index contributed by atoms with van der Waals surface area (Å²) >= 11 is 0. The lowest BCUT2D eigenvalue weighted by Gasteiger charge is -2.13. The Labute approximate surface area is 99.4 Å². The number of anilines is 1. The first kappa shape index (κ1) is 12.6. The first-order chi connectivity index (χ1) is 8.02. The SMILES string of the molecule is C#Cc1cccc(NC(C)C(=O)NC(N)=O)c1. The van der Waals surface area contributed by atoms with Crippen molar-refractivity contribution in [1.82, 2.24) is 5.32 Å². The van der Waals surface area contributed by atoms with Crippen molar-refractivity contribution in [3.05, 3.63) is 29.8 Å². The van der Waals surface area contributed by atoms with Crippen LogP contribution in [0.2, 0.25) is 0 Å². The second-order valence-corrected chi connectivity index (χ2v) is 3.44. The Hall–Kier alpha value is -2.48. The molecule has 5 heteroatoms. The van der Waals surface area contributed by atoms with E-state index >= 15 is 0 Å². The molecule has 0 aliphatic rings. The summed E-state index contributed by atoms with van der Waals surface area (Å²) in [7, 11) is 0. The van der Waals surface area contributed by atoms with Crippen molar-refractivity contribution in [3.63, 3.8) is 0 Å². The fourth-order valence-corrected chi connectivity index (χ4v) is 1.24. The summed E-state index contributed by atoms with van der Waals surface area (Å²) in [5, 5.41) is 4.89. The fraction of sp³-hybridized carbons (Fsp3) is 0.167. The lowest BCUT2D eigenvalue weighted by atomic mass is 10.2. The van der Waals surface area contributed by atoms with Crippen molar-refractivity contribution in [2.45, 2.75) is 13.0 Å². The van der Waals surface area contributed by atoms with Gasteiger partial charge in [0.15, 0.2) is 0 Å². The molecule has 0 aromatic heterocycles. The summed E-state index contributed by atoms with van der Waals surface area (Å²) in [5.41, 5.74) is 6.25. The van der Waals surface area contributed by atoms with Crippen molar-refractivity contribution >= 4 is 17.6 Å². The number of terminal acetylenes is 1. The quantitative estimate of drug-likeness (QED) is 0.668. The van der Waals surface area contributed by atoms with Gasteiger partial charge in [-0.3, -0.25) is 10.1 Å². The summed E-state index contributed by atoms with van der Waals surface area (Å²) in [6.45, 7) is 1.61. The molecule has 0 heterocycles. The summed E-state index contributed by atoms with van der Waals surface area (Å²) in [6.07, 6.45) is 5.26. The molecule has 0 fully saturated rings. The lowest BCUT2D eigenvalue weighted by molar-refractivity contribution is -0.120. The topological polar surface area (TPSA) is 84.2 Å². The number of hydrogen-bond acceptors (Lipinski definition) is 3. The highest BCUT2D eigenvalue weighted by molar-refractivity contribution is 5.97. The standard InChI is InChI=1S/C12H13N3O2/c1-3-9-5-4-6-10(7-9)14-8(2)11(16)15-12(13)17/h1,4-8,14H,2H3,(H3,13,15,16,17). The third-order valence-corrected chi connectivity index (χ3v) is 2.05.